The molecule has 1 amide bonds. The number of amides is 1. The van der Waals surface area contributed by atoms with Gasteiger partial charge in [0.05, 0.1) is 6.10 Å². The largest absolute Gasteiger partial charge is 0.378 e. The van der Waals surface area contributed by atoms with Crippen molar-refractivity contribution >= 4 is 5.91 Å². The molecule has 1 aromatic carbocycles. The minimum absolute atomic E-state index is 0.172. The molecule has 2 atom stereocenters. The van der Waals surface area contributed by atoms with Crippen LogP contribution in [0.3, 0.4) is 0 Å². The molecule has 2 unspecified atom stereocenters. The first-order valence-corrected chi connectivity index (χ1v) is 10.7. The molecule has 0 N–H and O–H groups in total. The van der Waals surface area contributed by atoms with Crippen LogP contribution < -0.4 is 0 Å². The Morgan fingerprint density at radius 2 is 1.89 bits per heavy atom. The van der Waals surface area contributed by atoms with E-state index < -0.39 is 0 Å². The van der Waals surface area contributed by atoms with Crippen molar-refractivity contribution in [2.45, 2.75) is 79.4 Å². The van der Waals surface area contributed by atoms with Crippen LogP contribution in [0.25, 0.3) is 0 Å². The predicted molar refractivity (Wildman–Crippen MR) is 112 cm³/mol. The summed E-state index contributed by atoms with van der Waals surface area (Å²) in [5.74, 6) is 1.44. The molecular weight excluding hydrogens is 334 g/mol. The van der Waals surface area contributed by atoms with Crippen LogP contribution in [0.5, 0.6) is 0 Å². The number of nitrogens with zero attached hydrogens (tertiary/aromatic N) is 1. The summed E-state index contributed by atoms with van der Waals surface area (Å²) in [4.78, 5) is 14.3. The smallest absolute Gasteiger partial charge is 0.219 e. The zero-order valence-corrected chi connectivity index (χ0v) is 18.0. The van der Waals surface area contributed by atoms with Gasteiger partial charge in [-0.2, -0.15) is 0 Å². The number of benzene rings is 1. The van der Waals surface area contributed by atoms with Gasteiger partial charge in [0.2, 0.25) is 5.91 Å². The van der Waals surface area contributed by atoms with Crippen LogP contribution in [0.15, 0.2) is 30.3 Å². The van der Waals surface area contributed by atoms with Crippen molar-refractivity contribution in [3.63, 3.8) is 0 Å². The van der Waals surface area contributed by atoms with E-state index in [1.165, 1.54) is 18.4 Å². The molecule has 3 nitrogen and oxygen atoms in total. The highest BCUT2D eigenvalue weighted by atomic mass is 16.5. The number of carbonyl (C=O) groups is 1. The van der Waals surface area contributed by atoms with Crippen LogP contribution in [0.4, 0.5) is 0 Å². The maximum atomic E-state index is 12.3. The summed E-state index contributed by atoms with van der Waals surface area (Å²) in [5, 5.41) is 0. The monoisotopic (exact) mass is 373 g/mol. The minimum Gasteiger partial charge on any atom is -0.378 e. The third-order valence-electron chi connectivity index (χ3n) is 6.17. The highest BCUT2D eigenvalue weighted by Crippen LogP contribution is 2.43. The van der Waals surface area contributed by atoms with Gasteiger partial charge in [0.15, 0.2) is 0 Å². The van der Waals surface area contributed by atoms with E-state index in [1.807, 2.05) is 23.1 Å². The van der Waals surface area contributed by atoms with Gasteiger partial charge >= 0.3 is 0 Å². The average molecular weight is 374 g/mol. The Hall–Kier alpha value is -1.35. The van der Waals surface area contributed by atoms with Crippen molar-refractivity contribution in [3.8, 4) is 0 Å². The van der Waals surface area contributed by atoms with E-state index in [0.717, 1.165) is 38.3 Å². The molecule has 1 aliphatic heterocycles. The Bertz CT molecular complexity index is 569. The molecule has 3 heteroatoms. The first-order chi connectivity index (χ1) is 12.8. The topological polar surface area (TPSA) is 29.5 Å². The summed E-state index contributed by atoms with van der Waals surface area (Å²) >= 11 is 0. The zero-order valence-electron chi connectivity index (χ0n) is 18.0. The molecule has 0 aromatic heterocycles. The zero-order chi connectivity index (χ0) is 19.9. The Balaban J connectivity index is 2.07. The van der Waals surface area contributed by atoms with Gasteiger partial charge in [0, 0.05) is 26.6 Å². The van der Waals surface area contributed by atoms with Gasteiger partial charge < -0.3 is 9.64 Å². The van der Waals surface area contributed by atoms with Crippen molar-refractivity contribution in [2.24, 2.45) is 17.3 Å². The molecule has 1 saturated heterocycles. The summed E-state index contributed by atoms with van der Waals surface area (Å²) in [6.45, 7) is 13.3. The highest BCUT2D eigenvalue weighted by Gasteiger charge is 2.38. The second-order valence-corrected chi connectivity index (χ2v) is 9.22. The van der Waals surface area contributed by atoms with Crippen molar-refractivity contribution in [1.82, 2.24) is 4.90 Å². The van der Waals surface area contributed by atoms with Gasteiger partial charge in [-0.05, 0) is 48.5 Å². The lowest BCUT2D eigenvalue weighted by atomic mass is 9.69. The molecule has 1 fully saturated rings. The number of hydrogen-bond donors (Lipinski definition) is 0. The Morgan fingerprint density at radius 1 is 1.19 bits per heavy atom. The fourth-order valence-corrected chi connectivity index (χ4v) is 4.14. The average Bonchev–Trinajstić information content (AvgIpc) is 2.64. The maximum absolute atomic E-state index is 12.3. The third kappa shape index (κ3) is 6.95. The van der Waals surface area contributed by atoms with Gasteiger partial charge in [0.25, 0.3) is 0 Å². The number of carbonyl (C=O) groups excluding carboxylic acids is 1. The molecule has 1 heterocycles. The molecule has 0 spiro atoms. The summed E-state index contributed by atoms with van der Waals surface area (Å²) in [6.07, 6.45) is 6.19. The molecule has 1 aliphatic rings. The maximum Gasteiger partial charge on any atom is 0.219 e. The molecule has 27 heavy (non-hydrogen) atoms. The fraction of sp³-hybridized carbons (Fsp3) is 0.708. The van der Waals surface area contributed by atoms with E-state index in [1.54, 1.807) is 6.92 Å². The van der Waals surface area contributed by atoms with Crippen LogP contribution in [0.1, 0.15) is 72.3 Å². The lowest BCUT2D eigenvalue weighted by Crippen LogP contribution is -2.41. The minimum atomic E-state index is 0.172. The fourth-order valence-electron chi connectivity index (χ4n) is 4.14. The van der Waals surface area contributed by atoms with Crippen LogP contribution >= 0.6 is 0 Å². The summed E-state index contributed by atoms with van der Waals surface area (Å²) in [6, 6.07) is 10.3. The second kappa shape index (κ2) is 10.3. The van der Waals surface area contributed by atoms with Crippen LogP contribution in [0, 0.1) is 17.3 Å². The van der Waals surface area contributed by atoms with Crippen LogP contribution in [0.2, 0.25) is 0 Å². The van der Waals surface area contributed by atoms with Gasteiger partial charge in [-0.15, -0.1) is 0 Å². The summed E-state index contributed by atoms with van der Waals surface area (Å²) in [7, 11) is 0. The molecule has 152 valence electrons. The predicted octanol–water partition coefficient (Wildman–Crippen LogP) is 5.68. The molecule has 0 saturated carbocycles. The van der Waals surface area contributed by atoms with Crippen LogP contribution in [-0.2, 0) is 16.1 Å². The number of rotatable bonds is 9. The first-order valence-electron chi connectivity index (χ1n) is 10.7. The van der Waals surface area contributed by atoms with Gasteiger partial charge in [-0.1, -0.05) is 64.4 Å². The van der Waals surface area contributed by atoms with Gasteiger partial charge in [-0.25, -0.2) is 0 Å². The van der Waals surface area contributed by atoms with E-state index in [4.69, 9.17) is 4.74 Å². The van der Waals surface area contributed by atoms with E-state index in [-0.39, 0.29) is 5.91 Å². The Labute approximate surface area is 166 Å². The molecule has 0 bridgehead atoms. The molecule has 2 rings (SSSR count). The van der Waals surface area contributed by atoms with Crippen molar-refractivity contribution < 1.29 is 9.53 Å². The number of ether oxygens (including phenoxy) is 1. The molecule has 0 radical (unpaired) electrons. The molecule has 1 aromatic rings. The van der Waals surface area contributed by atoms with Crippen LogP contribution in [-0.4, -0.2) is 30.1 Å². The highest BCUT2D eigenvalue weighted by molar-refractivity contribution is 5.73. The second-order valence-electron chi connectivity index (χ2n) is 9.22. The lowest BCUT2D eigenvalue weighted by molar-refractivity contribution is -0.130. The molecular formula is C24H39NO2. The standard InChI is InChI=1S/C24H39NO2/c1-19(2)11-12-24(14-16-27-23(17-24)20(3)4)13-15-25(21(5)26)18-22-9-7-6-8-10-22/h6-10,19-20,23H,11-18H2,1-5H3. The van der Waals surface area contributed by atoms with Crippen molar-refractivity contribution in [2.75, 3.05) is 13.2 Å². The number of hydrogen-bond acceptors (Lipinski definition) is 2. The van der Waals surface area contributed by atoms with Crippen molar-refractivity contribution in [1.29, 1.82) is 0 Å². The molecule has 0 aliphatic carbocycles. The lowest BCUT2D eigenvalue weighted by Gasteiger charge is -2.44. The van der Waals surface area contributed by atoms with E-state index in [2.05, 4.69) is 39.8 Å². The van der Waals surface area contributed by atoms with Gasteiger partial charge in [0.1, 0.15) is 0 Å². The van der Waals surface area contributed by atoms with E-state index in [0.29, 0.717) is 24.0 Å². The first kappa shape index (κ1) is 21.9. The summed E-state index contributed by atoms with van der Waals surface area (Å²) in [5.41, 5.74) is 1.51. The van der Waals surface area contributed by atoms with Gasteiger partial charge in [-0.3, -0.25) is 4.79 Å². The quantitative estimate of drug-likeness (QED) is 0.557. The summed E-state index contributed by atoms with van der Waals surface area (Å²) < 4.78 is 6.07. The van der Waals surface area contributed by atoms with E-state index >= 15 is 0 Å². The van der Waals surface area contributed by atoms with Crippen molar-refractivity contribution in [3.05, 3.63) is 35.9 Å². The van der Waals surface area contributed by atoms with E-state index in [9.17, 15) is 4.79 Å². The third-order valence-corrected chi connectivity index (χ3v) is 6.17. The Kier molecular flexibility index (Phi) is 8.34. The normalized spacial score (nSPS) is 23.0. The SMILES string of the molecule is CC(=O)N(CCC1(CCC(C)C)CCOC(C(C)C)C1)Cc1ccccc1. The Morgan fingerprint density at radius 3 is 2.48 bits per heavy atom.